The third-order valence-corrected chi connectivity index (χ3v) is 3.82. The van der Waals surface area contributed by atoms with Gasteiger partial charge in [-0.2, -0.15) is 5.10 Å². The Morgan fingerprint density at radius 2 is 1.72 bits per heavy atom. The van der Waals surface area contributed by atoms with E-state index in [2.05, 4.69) is 41.8 Å². The van der Waals surface area contributed by atoms with Crippen LogP contribution in [0.4, 0.5) is 5.69 Å². The molecular formula is C19H23N3O2S. The summed E-state index contributed by atoms with van der Waals surface area (Å²) in [6.07, 6.45) is 1.66. The van der Waals surface area contributed by atoms with Crippen LogP contribution < -0.4 is 20.2 Å². The fourth-order valence-corrected chi connectivity index (χ4v) is 2.38. The van der Waals surface area contributed by atoms with Crippen LogP contribution in [0.3, 0.4) is 0 Å². The Hall–Kier alpha value is -2.60. The topological polar surface area (TPSA) is 54.9 Å². The SMILES string of the molecule is COc1ccc(/C=N/NC(=S)Nc2ccc(C(C)C)cc2)cc1OC. The maximum Gasteiger partial charge on any atom is 0.191 e. The van der Waals surface area contributed by atoms with Crippen molar-refractivity contribution in [1.82, 2.24) is 5.43 Å². The summed E-state index contributed by atoms with van der Waals surface area (Å²) in [5.41, 5.74) is 5.88. The van der Waals surface area contributed by atoms with Crippen LogP contribution in [0.1, 0.15) is 30.9 Å². The van der Waals surface area contributed by atoms with Crippen molar-refractivity contribution >= 4 is 29.2 Å². The van der Waals surface area contributed by atoms with E-state index in [0.717, 1.165) is 11.3 Å². The average molecular weight is 357 g/mol. The van der Waals surface area contributed by atoms with E-state index in [0.29, 0.717) is 22.5 Å². The lowest BCUT2D eigenvalue weighted by molar-refractivity contribution is 0.355. The predicted molar refractivity (Wildman–Crippen MR) is 107 cm³/mol. The minimum absolute atomic E-state index is 0.425. The monoisotopic (exact) mass is 357 g/mol. The van der Waals surface area contributed by atoms with Gasteiger partial charge in [-0.15, -0.1) is 0 Å². The largest absolute Gasteiger partial charge is 0.493 e. The van der Waals surface area contributed by atoms with Crippen molar-refractivity contribution in [1.29, 1.82) is 0 Å². The van der Waals surface area contributed by atoms with E-state index < -0.39 is 0 Å². The second-order valence-electron chi connectivity index (χ2n) is 5.72. The molecule has 2 rings (SSSR count). The van der Waals surface area contributed by atoms with E-state index >= 15 is 0 Å². The van der Waals surface area contributed by atoms with E-state index in [4.69, 9.17) is 21.7 Å². The normalized spacial score (nSPS) is 10.8. The Balaban J connectivity index is 1.92. The van der Waals surface area contributed by atoms with Gasteiger partial charge in [0.25, 0.3) is 0 Å². The lowest BCUT2D eigenvalue weighted by Crippen LogP contribution is -2.23. The highest BCUT2D eigenvalue weighted by molar-refractivity contribution is 7.80. The number of hydrazone groups is 1. The quantitative estimate of drug-likeness (QED) is 0.462. The van der Waals surface area contributed by atoms with Gasteiger partial charge in [0, 0.05) is 5.69 Å². The lowest BCUT2D eigenvalue weighted by Gasteiger charge is -2.10. The van der Waals surface area contributed by atoms with Crippen molar-refractivity contribution in [3.8, 4) is 11.5 Å². The number of methoxy groups -OCH3 is 2. The molecule has 25 heavy (non-hydrogen) atoms. The maximum absolute atomic E-state index is 5.26. The van der Waals surface area contributed by atoms with Crippen molar-refractivity contribution in [3.05, 3.63) is 53.6 Å². The molecule has 6 heteroatoms. The van der Waals surface area contributed by atoms with Gasteiger partial charge >= 0.3 is 0 Å². The van der Waals surface area contributed by atoms with E-state index in [1.807, 2.05) is 30.3 Å². The summed E-state index contributed by atoms with van der Waals surface area (Å²) in [7, 11) is 3.20. The molecule has 0 aliphatic heterocycles. The van der Waals surface area contributed by atoms with Gasteiger partial charge in [-0.3, -0.25) is 5.43 Å². The average Bonchev–Trinajstić information content (AvgIpc) is 2.62. The van der Waals surface area contributed by atoms with Gasteiger partial charge in [0.1, 0.15) is 0 Å². The van der Waals surface area contributed by atoms with Crippen LogP contribution in [-0.4, -0.2) is 25.5 Å². The highest BCUT2D eigenvalue weighted by atomic mass is 32.1. The predicted octanol–water partition coefficient (Wildman–Crippen LogP) is 4.15. The van der Waals surface area contributed by atoms with Crippen LogP contribution in [0.15, 0.2) is 47.6 Å². The van der Waals surface area contributed by atoms with E-state index in [-0.39, 0.29) is 0 Å². The first kappa shape index (κ1) is 18.7. The molecule has 0 bridgehead atoms. The highest BCUT2D eigenvalue weighted by Gasteiger charge is 2.03. The van der Waals surface area contributed by atoms with E-state index in [9.17, 15) is 0 Å². The summed E-state index contributed by atoms with van der Waals surface area (Å²) in [6, 6.07) is 13.7. The zero-order valence-electron chi connectivity index (χ0n) is 14.9. The number of thiocarbonyl (C=S) groups is 1. The Labute approximate surface area is 154 Å². The standard InChI is InChI=1S/C19H23N3O2S/c1-13(2)15-6-8-16(9-7-15)21-19(25)22-20-12-14-5-10-17(23-3)18(11-14)24-4/h5-13H,1-4H3,(H2,21,22,25)/b20-12+. The summed E-state index contributed by atoms with van der Waals surface area (Å²) in [5, 5.41) is 7.66. The summed E-state index contributed by atoms with van der Waals surface area (Å²) in [4.78, 5) is 0. The first-order valence-electron chi connectivity index (χ1n) is 7.95. The molecule has 5 nitrogen and oxygen atoms in total. The number of nitrogens with one attached hydrogen (secondary N) is 2. The van der Waals surface area contributed by atoms with Gasteiger partial charge in [0.05, 0.1) is 20.4 Å². The molecule has 0 fully saturated rings. The number of nitrogens with zero attached hydrogens (tertiary/aromatic N) is 1. The second-order valence-corrected chi connectivity index (χ2v) is 6.12. The van der Waals surface area contributed by atoms with Gasteiger partial charge in [0.2, 0.25) is 0 Å². The molecule has 0 aliphatic carbocycles. The molecule has 0 amide bonds. The van der Waals surface area contributed by atoms with Crippen molar-refractivity contribution < 1.29 is 9.47 Å². The molecule has 132 valence electrons. The van der Waals surface area contributed by atoms with Gasteiger partial charge in [-0.1, -0.05) is 26.0 Å². The van der Waals surface area contributed by atoms with Crippen molar-refractivity contribution in [3.63, 3.8) is 0 Å². The second kappa shape index (κ2) is 9.03. The summed E-state index contributed by atoms with van der Waals surface area (Å²) in [6.45, 7) is 4.33. The summed E-state index contributed by atoms with van der Waals surface area (Å²) >= 11 is 5.24. The van der Waals surface area contributed by atoms with Gasteiger partial charge < -0.3 is 14.8 Å². The number of rotatable bonds is 6. The van der Waals surface area contributed by atoms with Crippen molar-refractivity contribution in [2.24, 2.45) is 5.10 Å². The minimum atomic E-state index is 0.425. The highest BCUT2D eigenvalue weighted by Crippen LogP contribution is 2.26. The number of benzene rings is 2. The molecular weight excluding hydrogens is 334 g/mol. The molecule has 2 N–H and O–H groups in total. The molecule has 0 unspecified atom stereocenters. The molecule has 0 saturated carbocycles. The molecule has 0 aromatic heterocycles. The number of ether oxygens (including phenoxy) is 2. The van der Waals surface area contributed by atoms with Gasteiger partial charge in [-0.25, -0.2) is 0 Å². The molecule has 0 saturated heterocycles. The summed E-state index contributed by atoms with van der Waals surface area (Å²) in [5.74, 6) is 1.83. The third kappa shape index (κ3) is 5.46. The van der Waals surface area contributed by atoms with Gasteiger partial charge in [0.15, 0.2) is 16.6 Å². The molecule has 0 heterocycles. The number of anilines is 1. The lowest BCUT2D eigenvalue weighted by atomic mass is 10.0. The smallest absolute Gasteiger partial charge is 0.191 e. The molecule has 0 atom stereocenters. The molecule has 0 spiro atoms. The Morgan fingerprint density at radius 1 is 1.04 bits per heavy atom. The van der Waals surface area contributed by atoms with E-state index in [1.54, 1.807) is 20.4 Å². The van der Waals surface area contributed by atoms with Crippen LogP contribution in [0.25, 0.3) is 0 Å². The fraction of sp³-hybridized carbons (Fsp3) is 0.263. The Morgan fingerprint density at radius 3 is 2.32 bits per heavy atom. The first-order valence-corrected chi connectivity index (χ1v) is 8.36. The zero-order valence-corrected chi connectivity index (χ0v) is 15.7. The van der Waals surface area contributed by atoms with Crippen LogP contribution in [-0.2, 0) is 0 Å². The Kier molecular flexibility index (Phi) is 6.77. The molecule has 0 radical (unpaired) electrons. The number of hydrogen-bond acceptors (Lipinski definition) is 4. The van der Waals surface area contributed by atoms with Crippen LogP contribution in [0, 0.1) is 0 Å². The van der Waals surface area contributed by atoms with Crippen molar-refractivity contribution in [2.75, 3.05) is 19.5 Å². The Bertz CT molecular complexity index is 743. The fourth-order valence-electron chi connectivity index (χ4n) is 2.21. The van der Waals surface area contributed by atoms with Crippen LogP contribution in [0.5, 0.6) is 11.5 Å². The maximum atomic E-state index is 5.26. The summed E-state index contributed by atoms with van der Waals surface area (Å²) < 4.78 is 10.5. The minimum Gasteiger partial charge on any atom is -0.493 e. The van der Waals surface area contributed by atoms with E-state index in [1.165, 1.54) is 5.56 Å². The number of hydrogen-bond donors (Lipinski definition) is 2. The van der Waals surface area contributed by atoms with Crippen LogP contribution >= 0.6 is 12.2 Å². The molecule has 0 aliphatic rings. The molecule has 2 aromatic carbocycles. The zero-order chi connectivity index (χ0) is 18.2. The first-order chi connectivity index (χ1) is 12.0. The third-order valence-electron chi connectivity index (χ3n) is 3.62. The van der Waals surface area contributed by atoms with Crippen molar-refractivity contribution in [2.45, 2.75) is 19.8 Å². The van der Waals surface area contributed by atoms with Crippen LogP contribution in [0.2, 0.25) is 0 Å². The molecule has 2 aromatic rings. The van der Waals surface area contributed by atoms with Gasteiger partial charge in [-0.05, 0) is 59.6 Å².